The van der Waals surface area contributed by atoms with Gasteiger partial charge in [0.25, 0.3) is 0 Å². The summed E-state index contributed by atoms with van der Waals surface area (Å²) in [5, 5.41) is 9.64. The second-order valence-electron chi connectivity index (χ2n) is 8.27. The third-order valence-corrected chi connectivity index (χ3v) is 6.36. The van der Waals surface area contributed by atoms with E-state index in [-0.39, 0.29) is 11.9 Å². The Morgan fingerprint density at radius 2 is 1.90 bits per heavy atom. The minimum Gasteiger partial charge on any atom is -0.497 e. The summed E-state index contributed by atoms with van der Waals surface area (Å²) in [7, 11) is 1.65. The predicted octanol–water partition coefficient (Wildman–Crippen LogP) is 4.68. The highest BCUT2D eigenvalue weighted by atomic mass is 32.2. The van der Waals surface area contributed by atoms with Crippen molar-refractivity contribution in [1.29, 1.82) is 0 Å². The standard InChI is InChI=1S/C24H28N4O2S/c1-16(2)14-27-23(18-9-11-20(30-4)12-10-18)25-26-24(27)31-15-22(29)28-17(3)13-19-7-5-6-8-21(19)28/h5-12,16-17H,13-15H2,1-4H3. The highest BCUT2D eigenvalue weighted by Crippen LogP contribution is 2.33. The molecule has 0 fully saturated rings. The molecule has 0 N–H and O–H groups in total. The van der Waals surface area contributed by atoms with Crippen molar-refractivity contribution in [1.82, 2.24) is 14.8 Å². The first-order valence-corrected chi connectivity index (χ1v) is 11.6. The average Bonchev–Trinajstić information content (AvgIpc) is 3.31. The second kappa shape index (κ2) is 9.14. The van der Waals surface area contributed by atoms with Crippen LogP contribution < -0.4 is 9.64 Å². The molecule has 0 aliphatic carbocycles. The van der Waals surface area contributed by atoms with Gasteiger partial charge in [-0.05, 0) is 55.2 Å². The molecule has 1 amide bonds. The average molecular weight is 437 g/mol. The zero-order valence-corrected chi connectivity index (χ0v) is 19.2. The molecule has 3 aromatic rings. The number of ether oxygens (including phenoxy) is 1. The zero-order chi connectivity index (χ0) is 22.0. The molecule has 2 aromatic carbocycles. The van der Waals surface area contributed by atoms with Crippen molar-refractivity contribution in [3.8, 4) is 17.1 Å². The lowest BCUT2D eigenvalue weighted by Crippen LogP contribution is -2.37. The Bertz CT molecular complexity index is 1060. The summed E-state index contributed by atoms with van der Waals surface area (Å²) < 4.78 is 7.38. The summed E-state index contributed by atoms with van der Waals surface area (Å²) >= 11 is 1.46. The number of aromatic nitrogens is 3. The fourth-order valence-corrected chi connectivity index (χ4v) is 4.83. The van der Waals surface area contributed by atoms with E-state index in [1.54, 1.807) is 7.11 Å². The number of hydrogen-bond acceptors (Lipinski definition) is 5. The normalized spacial score (nSPS) is 15.4. The smallest absolute Gasteiger partial charge is 0.237 e. The van der Waals surface area contributed by atoms with Gasteiger partial charge in [0.15, 0.2) is 11.0 Å². The summed E-state index contributed by atoms with van der Waals surface area (Å²) in [5.74, 6) is 2.48. The Morgan fingerprint density at radius 3 is 2.61 bits per heavy atom. The van der Waals surface area contributed by atoms with E-state index in [2.05, 4.69) is 41.6 Å². The number of amides is 1. The van der Waals surface area contributed by atoms with E-state index in [9.17, 15) is 4.79 Å². The number of fused-ring (bicyclic) bond motifs is 1. The number of rotatable bonds is 7. The fourth-order valence-electron chi connectivity index (χ4n) is 4.02. The van der Waals surface area contributed by atoms with E-state index in [4.69, 9.17) is 4.74 Å². The monoisotopic (exact) mass is 436 g/mol. The van der Waals surface area contributed by atoms with Crippen LogP contribution in [0.15, 0.2) is 53.7 Å². The zero-order valence-electron chi connectivity index (χ0n) is 18.4. The molecule has 2 heterocycles. The van der Waals surface area contributed by atoms with Gasteiger partial charge in [0, 0.05) is 23.8 Å². The molecule has 6 nitrogen and oxygen atoms in total. The number of nitrogens with zero attached hydrogens (tertiary/aromatic N) is 4. The molecule has 1 atom stereocenters. The number of para-hydroxylation sites is 1. The lowest BCUT2D eigenvalue weighted by atomic mass is 10.1. The highest BCUT2D eigenvalue weighted by Gasteiger charge is 2.30. The van der Waals surface area contributed by atoms with E-state index in [1.165, 1.54) is 17.3 Å². The summed E-state index contributed by atoms with van der Waals surface area (Å²) in [6.07, 6.45) is 0.901. The Kier molecular flexibility index (Phi) is 6.32. The van der Waals surface area contributed by atoms with Gasteiger partial charge in [-0.15, -0.1) is 10.2 Å². The van der Waals surface area contributed by atoms with Gasteiger partial charge >= 0.3 is 0 Å². The van der Waals surface area contributed by atoms with E-state index >= 15 is 0 Å². The van der Waals surface area contributed by atoms with Crippen LogP contribution in [-0.2, 0) is 17.8 Å². The number of anilines is 1. The third kappa shape index (κ3) is 4.46. The van der Waals surface area contributed by atoms with Gasteiger partial charge in [0.2, 0.25) is 5.91 Å². The van der Waals surface area contributed by atoms with Gasteiger partial charge in [0.1, 0.15) is 5.75 Å². The molecule has 0 saturated carbocycles. The SMILES string of the molecule is COc1ccc(-c2nnc(SCC(=O)N3c4ccccc4CC3C)n2CC(C)C)cc1. The number of carbonyl (C=O) groups is 1. The topological polar surface area (TPSA) is 60.3 Å². The molecule has 1 unspecified atom stereocenters. The quantitative estimate of drug-likeness (QED) is 0.503. The molecular weight excluding hydrogens is 408 g/mol. The van der Waals surface area contributed by atoms with Crippen LogP contribution in [0.5, 0.6) is 5.75 Å². The highest BCUT2D eigenvalue weighted by molar-refractivity contribution is 7.99. The maximum Gasteiger partial charge on any atom is 0.237 e. The lowest BCUT2D eigenvalue weighted by Gasteiger charge is -2.22. The number of benzene rings is 2. The molecule has 7 heteroatoms. The summed E-state index contributed by atoms with van der Waals surface area (Å²) in [6.45, 7) is 7.22. The van der Waals surface area contributed by atoms with Crippen LogP contribution in [0.2, 0.25) is 0 Å². The van der Waals surface area contributed by atoms with Crippen molar-refractivity contribution in [2.45, 2.75) is 44.9 Å². The minimum absolute atomic E-state index is 0.104. The van der Waals surface area contributed by atoms with Crippen LogP contribution in [0.3, 0.4) is 0 Å². The third-order valence-electron chi connectivity index (χ3n) is 5.41. The maximum absolute atomic E-state index is 13.1. The number of carbonyl (C=O) groups excluding carboxylic acids is 1. The minimum atomic E-state index is 0.104. The van der Waals surface area contributed by atoms with Crippen LogP contribution in [0, 0.1) is 5.92 Å². The van der Waals surface area contributed by atoms with E-state index in [0.717, 1.165) is 40.9 Å². The van der Waals surface area contributed by atoms with Crippen LogP contribution in [0.4, 0.5) is 5.69 Å². The molecule has 4 rings (SSSR count). The number of thioether (sulfide) groups is 1. The van der Waals surface area contributed by atoms with Crippen LogP contribution in [0.25, 0.3) is 11.4 Å². The lowest BCUT2D eigenvalue weighted by molar-refractivity contribution is -0.116. The molecule has 31 heavy (non-hydrogen) atoms. The first kappa shape index (κ1) is 21.4. The van der Waals surface area contributed by atoms with Gasteiger partial charge in [-0.1, -0.05) is 43.8 Å². The van der Waals surface area contributed by atoms with Crippen LogP contribution in [0.1, 0.15) is 26.3 Å². The van der Waals surface area contributed by atoms with E-state index in [1.807, 2.05) is 47.4 Å². The predicted molar refractivity (Wildman–Crippen MR) is 125 cm³/mol. The number of methoxy groups -OCH3 is 1. The molecule has 1 aliphatic rings. The van der Waals surface area contributed by atoms with Crippen molar-refractivity contribution < 1.29 is 9.53 Å². The van der Waals surface area contributed by atoms with Crippen molar-refractivity contribution in [3.05, 3.63) is 54.1 Å². The van der Waals surface area contributed by atoms with Crippen LogP contribution >= 0.6 is 11.8 Å². The molecule has 1 aromatic heterocycles. The van der Waals surface area contributed by atoms with E-state index < -0.39 is 0 Å². The van der Waals surface area contributed by atoms with Crippen molar-refractivity contribution in [2.75, 3.05) is 17.8 Å². The summed E-state index contributed by atoms with van der Waals surface area (Å²) in [5.41, 5.74) is 3.25. The Morgan fingerprint density at radius 1 is 1.16 bits per heavy atom. The van der Waals surface area contributed by atoms with Crippen molar-refractivity contribution in [2.24, 2.45) is 5.92 Å². The largest absolute Gasteiger partial charge is 0.497 e. The first-order chi connectivity index (χ1) is 15.0. The maximum atomic E-state index is 13.1. The first-order valence-electron chi connectivity index (χ1n) is 10.6. The molecule has 162 valence electrons. The molecular formula is C24H28N4O2S. The van der Waals surface area contributed by atoms with Gasteiger partial charge in [-0.3, -0.25) is 4.79 Å². The Balaban J connectivity index is 1.54. The van der Waals surface area contributed by atoms with Gasteiger partial charge in [-0.25, -0.2) is 0 Å². The van der Waals surface area contributed by atoms with Gasteiger partial charge in [0.05, 0.1) is 12.9 Å². The van der Waals surface area contributed by atoms with Gasteiger partial charge < -0.3 is 14.2 Å². The summed E-state index contributed by atoms with van der Waals surface area (Å²) in [4.78, 5) is 15.0. The number of hydrogen-bond donors (Lipinski definition) is 0. The molecule has 1 aliphatic heterocycles. The molecule has 0 saturated heterocycles. The fraction of sp³-hybridized carbons (Fsp3) is 0.375. The van der Waals surface area contributed by atoms with Gasteiger partial charge in [-0.2, -0.15) is 0 Å². The van der Waals surface area contributed by atoms with Crippen molar-refractivity contribution in [3.63, 3.8) is 0 Å². The Hall–Kier alpha value is -2.80. The summed E-state index contributed by atoms with van der Waals surface area (Å²) in [6, 6.07) is 16.2. The Labute approximate surface area is 187 Å². The van der Waals surface area contributed by atoms with Crippen LogP contribution in [-0.4, -0.2) is 39.6 Å². The van der Waals surface area contributed by atoms with E-state index in [0.29, 0.717) is 11.7 Å². The molecule has 0 radical (unpaired) electrons. The van der Waals surface area contributed by atoms with Crippen molar-refractivity contribution >= 4 is 23.4 Å². The molecule has 0 bridgehead atoms. The molecule has 0 spiro atoms. The second-order valence-corrected chi connectivity index (χ2v) is 9.22.